The zero-order valence-electron chi connectivity index (χ0n) is 19.6. The summed E-state index contributed by atoms with van der Waals surface area (Å²) in [4.78, 5) is 17.6. The van der Waals surface area contributed by atoms with Crippen LogP contribution < -0.4 is 19.7 Å². The molecule has 2 aromatic heterocycles. The van der Waals surface area contributed by atoms with E-state index in [9.17, 15) is 10.1 Å². The molecule has 9 nitrogen and oxygen atoms in total. The largest absolute Gasteiger partial charge is 0.497 e. The third kappa shape index (κ3) is 4.11. The van der Waals surface area contributed by atoms with Gasteiger partial charge in [0, 0.05) is 36.3 Å². The Morgan fingerprint density at radius 2 is 1.89 bits per heavy atom. The van der Waals surface area contributed by atoms with Gasteiger partial charge in [0.25, 0.3) is 5.69 Å². The molecule has 182 valence electrons. The Balaban J connectivity index is 1.70. The maximum absolute atomic E-state index is 11.4. The molecule has 0 spiro atoms. The first-order chi connectivity index (χ1) is 17.5. The van der Waals surface area contributed by atoms with Crippen molar-refractivity contribution in [2.45, 2.75) is 12.1 Å². The summed E-state index contributed by atoms with van der Waals surface area (Å²) in [5, 5.41) is 15.4. The van der Waals surface area contributed by atoms with Crippen molar-refractivity contribution in [2.24, 2.45) is 0 Å². The molecule has 1 N–H and O–H groups in total. The van der Waals surface area contributed by atoms with E-state index in [4.69, 9.17) is 21.7 Å². The molecule has 1 aliphatic rings. The Kier molecular flexibility index (Phi) is 6.26. The minimum atomic E-state index is -0.400. The van der Waals surface area contributed by atoms with Crippen molar-refractivity contribution in [3.8, 4) is 17.2 Å². The van der Waals surface area contributed by atoms with Gasteiger partial charge in [-0.2, -0.15) is 0 Å². The van der Waals surface area contributed by atoms with Crippen molar-refractivity contribution in [1.82, 2.24) is 14.9 Å². The summed E-state index contributed by atoms with van der Waals surface area (Å²) in [6, 6.07) is 21.0. The van der Waals surface area contributed by atoms with E-state index in [1.165, 1.54) is 6.07 Å². The number of nitrogens with one attached hydrogen (secondary N) is 1. The number of hydrogen-bond acceptors (Lipinski definition) is 6. The monoisotopic (exact) mass is 501 g/mol. The highest BCUT2D eigenvalue weighted by molar-refractivity contribution is 7.80. The quantitative estimate of drug-likeness (QED) is 0.215. The second kappa shape index (κ2) is 9.67. The average molecular weight is 502 g/mol. The van der Waals surface area contributed by atoms with Gasteiger partial charge < -0.3 is 24.3 Å². The lowest BCUT2D eigenvalue weighted by atomic mass is 10.0. The molecule has 1 aliphatic heterocycles. The number of anilines is 1. The van der Waals surface area contributed by atoms with E-state index in [1.54, 1.807) is 32.5 Å². The molecule has 0 saturated carbocycles. The summed E-state index contributed by atoms with van der Waals surface area (Å²) < 4.78 is 13.1. The lowest BCUT2D eigenvalue weighted by Gasteiger charge is -2.30. The Morgan fingerprint density at radius 3 is 2.61 bits per heavy atom. The molecule has 0 amide bonds. The van der Waals surface area contributed by atoms with Gasteiger partial charge in [-0.1, -0.05) is 12.1 Å². The standard InChI is InChI=1S/C26H23N5O4S/c1-34-19-11-12-23(35-2)22(16-19)30-25(24(28-26(30)36)20-9-3-4-13-27-20)21-10-6-14-29(21)17-7-5-8-18(15-17)31(32)33/h3-16,24-25H,1-2H3,(H,28,36)/t24-,25+/m1/s1. The van der Waals surface area contributed by atoms with Crippen molar-refractivity contribution in [3.63, 3.8) is 0 Å². The zero-order chi connectivity index (χ0) is 25.2. The second-order valence-electron chi connectivity index (χ2n) is 8.11. The molecular formula is C26H23N5O4S. The molecule has 10 heteroatoms. The van der Waals surface area contributed by atoms with Crippen LogP contribution in [-0.4, -0.2) is 33.8 Å². The number of methoxy groups -OCH3 is 2. The van der Waals surface area contributed by atoms with Gasteiger partial charge in [-0.25, -0.2) is 0 Å². The topological polar surface area (TPSA) is 94.7 Å². The number of benzene rings is 2. The van der Waals surface area contributed by atoms with Crippen LogP contribution in [0.3, 0.4) is 0 Å². The number of aromatic nitrogens is 2. The highest BCUT2D eigenvalue weighted by atomic mass is 32.1. The minimum absolute atomic E-state index is 0.0137. The molecule has 5 rings (SSSR count). The molecule has 2 aromatic carbocycles. The highest BCUT2D eigenvalue weighted by Gasteiger charge is 2.43. The summed E-state index contributed by atoms with van der Waals surface area (Å²) in [6.07, 6.45) is 3.62. The van der Waals surface area contributed by atoms with Gasteiger partial charge in [-0.05, 0) is 54.7 Å². The minimum Gasteiger partial charge on any atom is -0.497 e. The fraction of sp³-hybridized carbons (Fsp3) is 0.154. The van der Waals surface area contributed by atoms with E-state index < -0.39 is 4.92 Å². The molecule has 36 heavy (non-hydrogen) atoms. The molecule has 2 atom stereocenters. The van der Waals surface area contributed by atoms with Crippen molar-refractivity contribution in [2.75, 3.05) is 19.1 Å². The number of non-ortho nitro benzene ring substituents is 1. The van der Waals surface area contributed by atoms with Crippen molar-refractivity contribution in [3.05, 3.63) is 107 Å². The predicted molar refractivity (Wildman–Crippen MR) is 140 cm³/mol. The van der Waals surface area contributed by atoms with Gasteiger partial charge >= 0.3 is 0 Å². The van der Waals surface area contributed by atoms with Crippen molar-refractivity contribution in [1.29, 1.82) is 0 Å². The third-order valence-electron chi connectivity index (χ3n) is 6.15. The van der Waals surface area contributed by atoms with Gasteiger partial charge in [-0.3, -0.25) is 15.1 Å². The SMILES string of the molecule is COc1ccc(OC)c(N2C(=S)N[C@H](c3ccccn3)[C@@H]2c2cccn2-c2cccc([N+](=O)[O-])c2)c1. The second-order valence-corrected chi connectivity index (χ2v) is 8.50. The number of nitro benzene ring substituents is 1. The van der Waals surface area contributed by atoms with Crippen LogP contribution >= 0.6 is 12.2 Å². The van der Waals surface area contributed by atoms with Gasteiger partial charge in [0.05, 0.1) is 42.3 Å². The molecule has 0 unspecified atom stereocenters. The van der Waals surface area contributed by atoms with Gasteiger partial charge in [0.2, 0.25) is 0 Å². The summed E-state index contributed by atoms with van der Waals surface area (Å²) in [6.45, 7) is 0. The average Bonchev–Trinajstić information content (AvgIpc) is 3.53. The first kappa shape index (κ1) is 23.3. The normalized spacial score (nSPS) is 17.1. The highest BCUT2D eigenvalue weighted by Crippen LogP contribution is 2.46. The van der Waals surface area contributed by atoms with E-state index >= 15 is 0 Å². The van der Waals surface area contributed by atoms with E-state index in [0.29, 0.717) is 22.3 Å². The summed E-state index contributed by atoms with van der Waals surface area (Å²) in [5.41, 5.74) is 3.08. The smallest absolute Gasteiger partial charge is 0.271 e. The maximum atomic E-state index is 11.4. The third-order valence-corrected chi connectivity index (χ3v) is 6.46. The van der Waals surface area contributed by atoms with Crippen LogP contribution in [0.1, 0.15) is 23.5 Å². The lowest BCUT2D eigenvalue weighted by Crippen LogP contribution is -2.30. The van der Waals surface area contributed by atoms with Crippen LogP contribution in [0.25, 0.3) is 5.69 Å². The zero-order valence-corrected chi connectivity index (χ0v) is 20.4. The lowest BCUT2D eigenvalue weighted by molar-refractivity contribution is -0.384. The number of rotatable bonds is 7. The van der Waals surface area contributed by atoms with Crippen LogP contribution in [-0.2, 0) is 0 Å². The molecule has 1 fully saturated rings. The Bertz CT molecular complexity index is 1420. The first-order valence-corrected chi connectivity index (χ1v) is 11.6. The molecule has 0 aliphatic carbocycles. The predicted octanol–water partition coefficient (Wildman–Crippen LogP) is 4.97. The number of hydrogen-bond donors (Lipinski definition) is 1. The maximum Gasteiger partial charge on any atom is 0.271 e. The number of ether oxygens (including phenoxy) is 2. The Hall–Kier alpha value is -4.44. The van der Waals surface area contributed by atoms with Gasteiger partial charge in [-0.15, -0.1) is 0 Å². The molecule has 0 radical (unpaired) electrons. The van der Waals surface area contributed by atoms with E-state index in [1.807, 2.05) is 70.3 Å². The molecule has 0 bridgehead atoms. The van der Waals surface area contributed by atoms with Crippen LogP contribution in [0.2, 0.25) is 0 Å². The molecular weight excluding hydrogens is 478 g/mol. The van der Waals surface area contributed by atoms with Crippen LogP contribution in [0.5, 0.6) is 11.5 Å². The fourth-order valence-corrected chi connectivity index (χ4v) is 4.87. The Morgan fingerprint density at radius 1 is 1.03 bits per heavy atom. The van der Waals surface area contributed by atoms with Crippen LogP contribution in [0, 0.1) is 10.1 Å². The van der Waals surface area contributed by atoms with Crippen LogP contribution in [0.15, 0.2) is 85.2 Å². The summed E-state index contributed by atoms with van der Waals surface area (Å²) in [5.74, 6) is 1.28. The van der Waals surface area contributed by atoms with Gasteiger partial charge in [0.1, 0.15) is 17.5 Å². The van der Waals surface area contributed by atoms with E-state index in [-0.39, 0.29) is 17.8 Å². The number of nitrogens with zero attached hydrogens (tertiary/aromatic N) is 4. The molecule has 1 saturated heterocycles. The Labute approximate surface area is 213 Å². The van der Waals surface area contributed by atoms with Crippen molar-refractivity contribution >= 4 is 28.7 Å². The number of pyridine rings is 1. The van der Waals surface area contributed by atoms with Gasteiger partial charge in [0.15, 0.2) is 5.11 Å². The first-order valence-electron chi connectivity index (χ1n) is 11.2. The molecule has 4 aromatic rings. The number of nitro groups is 1. The van der Waals surface area contributed by atoms with E-state index in [0.717, 1.165) is 17.1 Å². The fourth-order valence-electron chi connectivity index (χ4n) is 4.53. The van der Waals surface area contributed by atoms with E-state index in [2.05, 4.69) is 10.3 Å². The molecule has 3 heterocycles. The summed E-state index contributed by atoms with van der Waals surface area (Å²) >= 11 is 5.84. The number of thiocarbonyl (C=S) groups is 1. The van der Waals surface area contributed by atoms with Crippen LogP contribution in [0.4, 0.5) is 11.4 Å². The summed E-state index contributed by atoms with van der Waals surface area (Å²) in [7, 11) is 3.21. The van der Waals surface area contributed by atoms with Crippen molar-refractivity contribution < 1.29 is 14.4 Å².